The van der Waals surface area contributed by atoms with E-state index < -0.39 is 5.82 Å². The molecule has 0 atom stereocenters. The van der Waals surface area contributed by atoms with Crippen LogP contribution < -0.4 is 10.1 Å². The summed E-state index contributed by atoms with van der Waals surface area (Å²) in [5, 5.41) is 2.63. The SMILES string of the molecule is COc1cc(CCNC(=O)CCl)ccc1F. The normalized spacial score (nSPS) is 9.94. The van der Waals surface area contributed by atoms with Gasteiger partial charge >= 0.3 is 0 Å². The number of hydrogen-bond acceptors (Lipinski definition) is 2. The zero-order chi connectivity index (χ0) is 12.0. The topological polar surface area (TPSA) is 38.3 Å². The first-order chi connectivity index (χ1) is 7.67. The van der Waals surface area contributed by atoms with Gasteiger partial charge in [0.2, 0.25) is 5.91 Å². The van der Waals surface area contributed by atoms with Gasteiger partial charge < -0.3 is 10.1 Å². The van der Waals surface area contributed by atoms with E-state index in [9.17, 15) is 9.18 Å². The maximum Gasteiger partial charge on any atom is 0.234 e. The number of carbonyl (C=O) groups excluding carboxylic acids is 1. The van der Waals surface area contributed by atoms with Crippen LogP contribution in [0.4, 0.5) is 4.39 Å². The highest BCUT2D eigenvalue weighted by molar-refractivity contribution is 6.27. The van der Waals surface area contributed by atoms with Gasteiger partial charge in [0.05, 0.1) is 7.11 Å². The Bertz CT molecular complexity index is 371. The standard InChI is InChI=1S/C11H13ClFNO2/c1-16-10-6-8(2-3-9(10)13)4-5-14-11(15)7-12/h2-3,6H,4-5,7H2,1H3,(H,14,15). The number of hydrogen-bond donors (Lipinski definition) is 1. The van der Waals surface area contributed by atoms with Crippen LogP contribution in [0.2, 0.25) is 0 Å². The van der Waals surface area contributed by atoms with Crippen molar-refractivity contribution in [2.24, 2.45) is 0 Å². The molecule has 16 heavy (non-hydrogen) atoms. The van der Waals surface area contributed by atoms with Gasteiger partial charge in [-0.3, -0.25) is 4.79 Å². The molecule has 0 aliphatic rings. The zero-order valence-electron chi connectivity index (χ0n) is 8.93. The molecule has 1 N–H and O–H groups in total. The molecule has 0 fully saturated rings. The molecule has 1 aromatic rings. The van der Waals surface area contributed by atoms with E-state index in [2.05, 4.69) is 5.32 Å². The van der Waals surface area contributed by atoms with Gasteiger partial charge in [-0.2, -0.15) is 0 Å². The number of nitrogens with one attached hydrogen (secondary N) is 1. The third-order valence-corrected chi connectivity index (χ3v) is 2.32. The highest BCUT2D eigenvalue weighted by Crippen LogP contribution is 2.18. The first kappa shape index (κ1) is 12.8. The number of benzene rings is 1. The Kier molecular flexibility index (Phi) is 5.05. The monoisotopic (exact) mass is 245 g/mol. The lowest BCUT2D eigenvalue weighted by Crippen LogP contribution is -2.26. The molecule has 1 amide bonds. The Morgan fingerprint density at radius 2 is 2.31 bits per heavy atom. The molecule has 0 spiro atoms. The second-order valence-corrected chi connectivity index (χ2v) is 3.47. The van der Waals surface area contributed by atoms with Crippen LogP contribution in [0.5, 0.6) is 5.75 Å². The molecule has 0 aliphatic heterocycles. The molecule has 88 valence electrons. The fourth-order valence-electron chi connectivity index (χ4n) is 1.25. The van der Waals surface area contributed by atoms with E-state index in [0.717, 1.165) is 5.56 Å². The van der Waals surface area contributed by atoms with E-state index in [4.69, 9.17) is 16.3 Å². The Morgan fingerprint density at radius 3 is 2.94 bits per heavy atom. The molecule has 0 aromatic heterocycles. The van der Waals surface area contributed by atoms with Gasteiger partial charge in [0.15, 0.2) is 11.6 Å². The van der Waals surface area contributed by atoms with E-state index in [0.29, 0.717) is 13.0 Å². The number of alkyl halides is 1. The van der Waals surface area contributed by atoms with Gasteiger partial charge in [0, 0.05) is 6.54 Å². The summed E-state index contributed by atoms with van der Waals surface area (Å²) in [5.41, 5.74) is 0.896. The average molecular weight is 246 g/mol. The van der Waals surface area contributed by atoms with E-state index in [-0.39, 0.29) is 17.5 Å². The second-order valence-electron chi connectivity index (χ2n) is 3.20. The smallest absolute Gasteiger partial charge is 0.234 e. The average Bonchev–Trinajstić information content (AvgIpc) is 2.31. The largest absolute Gasteiger partial charge is 0.494 e. The number of carbonyl (C=O) groups is 1. The highest BCUT2D eigenvalue weighted by Gasteiger charge is 2.04. The first-order valence-electron chi connectivity index (χ1n) is 4.82. The molecule has 0 aliphatic carbocycles. The summed E-state index contributed by atoms with van der Waals surface area (Å²) in [6.07, 6.45) is 0.610. The van der Waals surface area contributed by atoms with Gasteiger partial charge in [0.1, 0.15) is 5.88 Å². The van der Waals surface area contributed by atoms with Crippen LogP contribution in [0.25, 0.3) is 0 Å². The summed E-state index contributed by atoms with van der Waals surface area (Å²) in [6.45, 7) is 0.473. The highest BCUT2D eigenvalue weighted by atomic mass is 35.5. The van der Waals surface area contributed by atoms with Crippen molar-refractivity contribution in [1.29, 1.82) is 0 Å². The van der Waals surface area contributed by atoms with Crippen LogP contribution in [-0.4, -0.2) is 25.4 Å². The second kappa shape index (κ2) is 6.33. The summed E-state index contributed by atoms with van der Waals surface area (Å²) in [6, 6.07) is 4.62. The molecule has 1 rings (SSSR count). The molecule has 5 heteroatoms. The van der Waals surface area contributed by atoms with Gasteiger partial charge in [-0.15, -0.1) is 11.6 Å². The lowest BCUT2D eigenvalue weighted by molar-refractivity contribution is -0.118. The number of methoxy groups -OCH3 is 1. The molecule has 0 unspecified atom stereocenters. The van der Waals surface area contributed by atoms with Crippen molar-refractivity contribution in [3.63, 3.8) is 0 Å². The van der Waals surface area contributed by atoms with Gasteiger partial charge in [-0.1, -0.05) is 6.07 Å². The molecular weight excluding hydrogens is 233 g/mol. The van der Waals surface area contributed by atoms with Gasteiger partial charge in [-0.05, 0) is 24.1 Å². The van der Waals surface area contributed by atoms with Crippen molar-refractivity contribution in [1.82, 2.24) is 5.32 Å². The van der Waals surface area contributed by atoms with E-state index in [1.54, 1.807) is 12.1 Å². The van der Waals surface area contributed by atoms with Crippen LogP contribution in [0, 0.1) is 5.82 Å². The fraction of sp³-hybridized carbons (Fsp3) is 0.364. The third-order valence-electron chi connectivity index (χ3n) is 2.07. The minimum Gasteiger partial charge on any atom is -0.494 e. The van der Waals surface area contributed by atoms with Crippen LogP contribution in [0.1, 0.15) is 5.56 Å². The van der Waals surface area contributed by atoms with Crippen molar-refractivity contribution in [3.8, 4) is 5.75 Å². The van der Waals surface area contributed by atoms with Gasteiger partial charge in [0.25, 0.3) is 0 Å². The van der Waals surface area contributed by atoms with Crippen molar-refractivity contribution >= 4 is 17.5 Å². The lowest BCUT2D eigenvalue weighted by Gasteiger charge is -2.06. The minimum atomic E-state index is -0.393. The Balaban J connectivity index is 2.51. The zero-order valence-corrected chi connectivity index (χ0v) is 9.68. The van der Waals surface area contributed by atoms with Crippen molar-refractivity contribution < 1.29 is 13.9 Å². The Labute approximate surface area is 98.5 Å². The minimum absolute atomic E-state index is 0.0489. The molecular formula is C11H13ClFNO2. The van der Waals surface area contributed by atoms with Crippen molar-refractivity contribution in [2.45, 2.75) is 6.42 Å². The summed E-state index contributed by atoms with van der Waals surface area (Å²) in [4.78, 5) is 10.9. The maximum atomic E-state index is 13.1. The number of ether oxygens (including phenoxy) is 1. The summed E-state index contributed by atoms with van der Waals surface area (Å²) >= 11 is 5.32. The third kappa shape index (κ3) is 3.70. The Morgan fingerprint density at radius 1 is 1.56 bits per heavy atom. The predicted octanol–water partition coefficient (Wildman–Crippen LogP) is 1.73. The lowest BCUT2D eigenvalue weighted by atomic mass is 10.1. The summed E-state index contributed by atoms with van der Waals surface area (Å²) in [7, 11) is 1.41. The summed E-state index contributed by atoms with van der Waals surface area (Å²) in [5.74, 6) is -0.444. The van der Waals surface area contributed by atoms with Crippen LogP contribution in [-0.2, 0) is 11.2 Å². The van der Waals surface area contributed by atoms with E-state index in [1.165, 1.54) is 13.2 Å². The van der Waals surface area contributed by atoms with Crippen LogP contribution >= 0.6 is 11.6 Å². The number of amides is 1. The van der Waals surface area contributed by atoms with Crippen LogP contribution in [0.15, 0.2) is 18.2 Å². The first-order valence-corrected chi connectivity index (χ1v) is 5.36. The molecule has 0 saturated heterocycles. The van der Waals surface area contributed by atoms with E-state index >= 15 is 0 Å². The molecule has 0 bridgehead atoms. The fourth-order valence-corrected chi connectivity index (χ4v) is 1.35. The molecule has 0 radical (unpaired) electrons. The number of rotatable bonds is 5. The maximum absolute atomic E-state index is 13.1. The predicted molar refractivity (Wildman–Crippen MR) is 60.4 cm³/mol. The van der Waals surface area contributed by atoms with Crippen molar-refractivity contribution in [3.05, 3.63) is 29.6 Å². The molecule has 0 heterocycles. The Hall–Kier alpha value is -1.29. The van der Waals surface area contributed by atoms with Crippen LogP contribution in [0.3, 0.4) is 0 Å². The molecule has 1 aromatic carbocycles. The quantitative estimate of drug-likeness (QED) is 0.803. The molecule has 0 saturated carbocycles. The van der Waals surface area contributed by atoms with Gasteiger partial charge in [-0.25, -0.2) is 4.39 Å². The number of halogens is 2. The summed E-state index contributed by atoms with van der Waals surface area (Å²) < 4.78 is 17.9. The van der Waals surface area contributed by atoms with Crippen molar-refractivity contribution in [2.75, 3.05) is 19.5 Å². The molecule has 3 nitrogen and oxygen atoms in total. The van der Waals surface area contributed by atoms with E-state index in [1.807, 2.05) is 0 Å².